The van der Waals surface area contributed by atoms with Gasteiger partial charge in [-0.25, -0.2) is 14.2 Å². The topological polar surface area (TPSA) is 90.7 Å². The summed E-state index contributed by atoms with van der Waals surface area (Å²) in [7, 11) is 0. The zero-order valence-electron chi connectivity index (χ0n) is 19.2. The lowest BCUT2D eigenvalue weighted by atomic mass is 10.0. The molecule has 174 valence electrons. The van der Waals surface area contributed by atoms with Crippen LogP contribution in [-0.2, 0) is 20.8 Å². The van der Waals surface area contributed by atoms with Crippen LogP contribution >= 0.6 is 0 Å². The summed E-state index contributed by atoms with van der Waals surface area (Å²) in [6, 6.07) is 5.86. The number of ether oxygens (including phenoxy) is 2. The molecule has 0 saturated carbocycles. The van der Waals surface area contributed by atoms with Gasteiger partial charge in [-0.3, -0.25) is 4.79 Å². The number of hydrogen-bond donors (Lipinski definition) is 1. The first-order chi connectivity index (χ1) is 15.0. The maximum absolute atomic E-state index is 13.5. The fourth-order valence-electron chi connectivity index (χ4n) is 4.37. The summed E-state index contributed by atoms with van der Waals surface area (Å²) in [5, 5.41) is 9.74. The number of carboxylic acids is 1. The average molecular weight is 447 g/mol. The molecule has 2 heterocycles. The number of ketones is 1. The molecule has 2 aromatic rings. The Bertz CT molecular complexity index is 981. The van der Waals surface area contributed by atoms with E-state index in [1.54, 1.807) is 19.1 Å². The summed E-state index contributed by atoms with van der Waals surface area (Å²) >= 11 is 0. The number of rotatable bonds is 8. The molecule has 0 aliphatic carbocycles. The van der Waals surface area contributed by atoms with Crippen LogP contribution in [0.5, 0.6) is 0 Å². The second-order valence-corrected chi connectivity index (χ2v) is 9.10. The maximum Gasteiger partial charge on any atom is 0.356 e. The van der Waals surface area contributed by atoms with Gasteiger partial charge in [0.1, 0.15) is 17.4 Å². The minimum absolute atomic E-state index is 0.00186. The van der Waals surface area contributed by atoms with E-state index in [0.717, 1.165) is 0 Å². The number of hydrogen-bond acceptors (Lipinski definition) is 5. The Balaban J connectivity index is 1.93. The molecule has 1 fully saturated rings. The van der Waals surface area contributed by atoms with Gasteiger partial charge in [0.15, 0.2) is 11.5 Å². The highest BCUT2D eigenvalue weighted by molar-refractivity contribution is 5.88. The van der Waals surface area contributed by atoms with Gasteiger partial charge in [-0.1, -0.05) is 13.8 Å². The first-order valence-corrected chi connectivity index (χ1v) is 10.9. The molecule has 1 aromatic heterocycles. The number of halogens is 1. The first kappa shape index (κ1) is 24.1. The van der Waals surface area contributed by atoms with Gasteiger partial charge in [-0.15, -0.1) is 0 Å². The van der Waals surface area contributed by atoms with E-state index in [1.807, 2.05) is 32.3 Å². The fraction of sp³-hybridized carbons (Fsp3) is 0.542. The number of nitrogens with zero attached hydrogens (tertiary/aromatic N) is 2. The molecule has 1 aliphatic rings. The van der Waals surface area contributed by atoms with Gasteiger partial charge in [-0.05, 0) is 57.4 Å². The van der Waals surface area contributed by atoms with Crippen molar-refractivity contribution >= 4 is 11.8 Å². The Labute approximate surface area is 187 Å². The molecule has 1 saturated heterocycles. The van der Waals surface area contributed by atoms with Crippen molar-refractivity contribution in [3.8, 4) is 11.4 Å². The molecule has 0 radical (unpaired) electrons. The van der Waals surface area contributed by atoms with Gasteiger partial charge in [0, 0.05) is 24.9 Å². The summed E-state index contributed by atoms with van der Waals surface area (Å²) in [6.45, 7) is 9.51. The molecule has 0 amide bonds. The van der Waals surface area contributed by atoms with Gasteiger partial charge in [0.05, 0.1) is 17.9 Å². The fourth-order valence-corrected chi connectivity index (χ4v) is 4.37. The molecule has 0 spiro atoms. The Morgan fingerprint density at radius 1 is 1.22 bits per heavy atom. The lowest BCUT2D eigenvalue weighted by Gasteiger charge is -2.41. The van der Waals surface area contributed by atoms with Crippen LogP contribution in [0.25, 0.3) is 11.4 Å². The summed E-state index contributed by atoms with van der Waals surface area (Å²) in [6.07, 6.45) is 1.10. The maximum atomic E-state index is 13.5. The number of carbonyl (C=O) groups excluding carboxylic acids is 1. The molecule has 0 unspecified atom stereocenters. The zero-order chi connectivity index (χ0) is 23.6. The molecule has 3 rings (SSSR count). The SMILES string of the molecule is CC(=O)C[C@H]1C[C@@H](CCn2c(-c3ccc(F)cc3)nc(C(=O)O)c2C(C)C)OC(C)(C)O1. The van der Waals surface area contributed by atoms with E-state index in [4.69, 9.17) is 9.47 Å². The van der Waals surface area contributed by atoms with Crippen LogP contribution < -0.4 is 0 Å². The summed E-state index contributed by atoms with van der Waals surface area (Å²) in [4.78, 5) is 27.9. The highest BCUT2D eigenvalue weighted by Gasteiger charge is 2.36. The van der Waals surface area contributed by atoms with Crippen molar-refractivity contribution in [2.75, 3.05) is 0 Å². The van der Waals surface area contributed by atoms with Crippen molar-refractivity contribution in [1.82, 2.24) is 9.55 Å². The van der Waals surface area contributed by atoms with Gasteiger partial charge >= 0.3 is 5.97 Å². The van der Waals surface area contributed by atoms with Gasteiger partial charge in [-0.2, -0.15) is 0 Å². The normalized spacial score (nSPS) is 20.5. The van der Waals surface area contributed by atoms with E-state index in [-0.39, 0.29) is 35.4 Å². The summed E-state index contributed by atoms with van der Waals surface area (Å²) < 4.78 is 27.3. The number of aromatic carboxylic acids is 1. The Kier molecular flexibility index (Phi) is 7.15. The molecule has 1 N–H and O–H groups in total. The molecule has 2 atom stereocenters. The molecule has 32 heavy (non-hydrogen) atoms. The summed E-state index contributed by atoms with van der Waals surface area (Å²) in [5.74, 6) is -1.82. The number of Topliss-reactive ketones (excluding diaryl/α,β-unsaturated/α-hetero) is 1. The van der Waals surface area contributed by atoms with Crippen LogP contribution in [0.1, 0.15) is 76.0 Å². The van der Waals surface area contributed by atoms with Crippen molar-refractivity contribution in [3.05, 3.63) is 41.5 Å². The third-order valence-electron chi connectivity index (χ3n) is 5.48. The van der Waals surface area contributed by atoms with Crippen molar-refractivity contribution in [2.24, 2.45) is 0 Å². The van der Waals surface area contributed by atoms with E-state index in [9.17, 15) is 19.1 Å². The molecular formula is C24H31FN2O5. The number of carbonyl (C=O) groups is 2. The zero-order valence-corrected chi connectivity index (χ0v) is 19.2. The van der Waals surface area contributed by atoms with E-state index < -0.39 is 11.8 Å². The van der Waals surface area contributed by atoms with Crippen molar-refractivity contribution in [1.29, 1.82) is 0 Å². The molecule has 7 nitrogen and oxygen atoms in total. The van der Waals surface area contributed by atoms with E-state index in [1.165, 1.54) is 12.1 Å². The van der Waals surface area contributed by atoms with Gasteiger partial charge in [0.25, 0.3) is 0 Å². The van der Waals surface area contributed by atoms with E-state index >= 15 is 0 Å². The van der Waals surface area contributed by atoms with Crippen LogP contribution in [-0.4, -0.2) is 44.4 Å². The smallest absolute Gasteiger partial charge is 0.356 e. The monoisotopic (exact) mass is 446 g/mol. The third kappa shape index (κ3) is 5.61. The van der Waals surface area contributed by atoms with Crippen LogP contribution in [0.3, 0.4) is 0 Å². The van der Waals surface area contributed by atoms with E-state index in [2.05, 4.69) is 4.98 Å². The lowest BCUT2D eigenvalue weighted by molar-refractivity contribution is -0.300. The van der Waals surface area contributed by atoms with Crippen LogP contribution in [0.4, 0.5) is 4.39 Å². The lowest BCUT2D eigenvalue weighted by Crippen LogP contribution is -2.45. The van der Waals surface area contributed by atoms with Gasteiger partial charge in [0.2, 0.25) is 0 Å². The minimum atomic E-state index is -1.10. The predicted molar refractivity (Wildman–Crippen MR) is 117 cm³/mol. The Hall–Kier alpha value is -2.58. The van der Waals surface area contributed by atoms with Crippen molar-refractivity contribution in [2.45, 2.75) is 84.3 Å². The highest BCUT2D eigenvalue weighted by Crippen LogP contribution is 2.32. The number of aromatic nitrogens is 2. The second kappa shape index (κ2) is 9.50. The molecular weight excluding hydrogens is 415 g/mol. The first-order valence-electron chi connectivity index (χ1n) is 10.9. The average Bonchev–Trinajstić information content (AvgIpc) is 3.05. The molecule has 1 aliphatic heterocycles. The third-order valence-corrected chi connectivity index (χ3v) is 5.48. The standard InChI is InChI=1S/C24H31FN2O5/c1-14(2)21-20(23(29)30)26-22(16-6-8-17(25)9-7-16)27(21)11-10-18-13-19(12-15(3)28)32-24(4,5)31-18/h6-9,14,18-19H,10-13H2,1-5H3,(H,29,30)/t18-,19+/m1/s1. The van der Waals surface area contributed by atoms with Crippen LogP contribution in [0.15, 0.2) is 24.3 Å². The van der Waals surface area contributed by atoms with Crippen molar-refractivity contribution < 1.29 is 28.6 Å². The highest BCUT2D eigenvalue weighted by atomic mass is 19.1. The van der Waals surface area contributed by atoms with E-state index in [0.29, 0.717) is 42.9 Å². The Morgan fingerprint density at radius 3 is 2.41 bits per heavy atom. The molecule has 0 bridgehead atoms. The quantitative estimate of drug-likeness (QED) is 0.627. The molecule has 1 aromatic carbocycles. The second-order valence-electron chi connectivity index (χ2n) is 9.10. The largest absolute Gasteiger partial charge is 0.476 e. The minimum Gasteiger partial charge on any atom is -0.476 e. The number of imidazole rings is 1. The van der Waals surface area contributed by atoms with Crippen molar-refractivity contribution in [3.63, 3.8) is 0 Å². The summed E-state index contributed by atoms with van der Waals surface area (Å²) in [5.41, 5.74) is 1.26. The predicted octanol–water partition coefficient (Wildman–Crippen LogP) is 4.79. The van der Waals surface area contributed by atoms with Gasteiger partial charge < -0.3 is 19.1 Å². The molecule has 8 heteroatoms. The van der Waals surface area contributed by atoms with Crippen LogP contribution in [0, 0.1) is 5.82 Å². The van der Waals surface area contributed by atoms with Crippen LogP contribution in [0.2, 0.25) is 0 Å². The number of benzene rings is 1. The number of carboxylic acid groups (broad SMARTS) is 1. The Morgan fingerprint density at radius 2 is 1.84 bits per heavy atom.